The number of aliphatic hydroxyl groups excluding tert-OH is 1. The molecular weight excluding hydrogens is 532 g/mol. The molecule has 6 rings (SSSR count). The normalized spacial score (nSPS) is 14.8. The Labute approximate surface area is 234 Å². The molecule has 0 fully saturated rings. The number of hydrogen-bond donors (Lipinski definition) is 3. The summed E-state index contributed by atoms with van der Waals surface area (Å²) in [5, 5.41) is 14.3. The van der Waals surface area contributed by atoms with Crippen molar-refractivity contribution in [2.24, 2.45) is 4.99 Å². The van der Waals surface area contributed by atoms with Gasteiger partial charge in [-0.1, -0.05) is 23.7 Å². The van der Waals surface area contributed by atoms with Crippen molar-refractivity contribution in [1.29, 1.82) is 0 Å². The van der Waals surface area contributed by atoms with E-state index >= 15 is 0 Å². The number of H-pyrrole nitrogens is 1. The molecular formula is C29H25ClN6O4. The number of rotatable bonds is 9. The van der Waals surface area contributed by atoms with Gasteiger partial charge in [-0.15, -0.1) is 0 Å². The number of aliphatic hydroxyl groups is 1. The molecule has 0 spiro atoms. The van der Waals surface area contributed by atoms with Gasteiger partial charge in [0, 0.05) is 49.7 Å². The number of anilines is 1. The van der Waals surface area contributed by atoms with Crippen LogP contribution in [0.2, 0.25) is 5.02 Å². The van der Waals surface area contributed by atoms with Crippen LogP contribution in [-0.2, 0) is 13.0 Å². The number of aromatic nitrogens is 3. The number of nitrogens with zero attached hydrogens (tertiary/aromatic N) is 4. The van der Waals surface area contributed by atoms with E-state index in [1.165, 1.54) is 11.1 Å². The van der Waals surface area contributed by atoms with Crippen LogP contribution in [0.5, 0.6) is 0 Å². The number of benzene rings is 2. The summed E-state index contributed by atoms with van der Waals surface area (Å²) in [6, 6.07) is 12.0. The molecule has 0 unspecified atom stereocenters. The number of halogens is 1. The molecule has 2 aliphatic heterocycles. The maximum Gasteiger partial charge on any atom is 0.261 e. The van der Waals surface area contributed by atoms with Crippen molar-refractivity contribution < 1.29 is 14.7 Å². The Morgan fingerprint density at radius 3 is 2.67 bits per heavy atom. The van der Waals surface area contributed by atoms with E-state index in [9.17, 15) is 19.5 Å². The van der Waals surface area contributed by atoms with E-state index in [0.29, 0.717) is 70.3 Å². The zero-order valence-corrected chi connectivity index (χ0v) is 22.1. The van der Waals surface area contributed by atoms with Crippen LogP contribution in [0, 0.1) is 0 Å². The molecule has 40 heavy (non-hydrogen) atoms. The maximum atomic E-state index is 13.1. The van der Waals surface area contributed by atoms with Crippen LogP contribution in [0.1, 0.15) is 49.9 Å². The van der Waals surface area contributed by atoms with Crippen molar-refractivity contribution in [1.82, 2.24) is 19.4 Å². The molecule has 0 saturated carbocycles. The minimum atomic E-state index is -0.851. The number of nitrogens with one attached hydrogen (secondary N) is 2. The van der Waals surface area contributed by atoms with Crippen molar-refractivity contribution >= 4 is 40.5 Å². The molecule has 0 saturated heterocycles. The number of amides is 2. The number of hydrogen-bond acceptors (Lipinski definition) is 7. The number of carbonyl (C=O) groups excluding carboxylic acids is 2. The SMILES string of the molecule is O=C1c2cc3c(cc2C(=O)N1CCCn1ccnc1)N=C(c1c(NC[C@@H](O)c2cccc(Cl)c2)cc[nH]c1=O)C3. The lowest BCUT2D eigenvalue weighted by atomic mass is 10.00. The molecule has 10 nitrogen and oxygen atoms in total. The molecule has 0 bridgehead atoms. The van der Waals surface area contributed by atoms with E-state index in [-0.39, 0.29) is 23.9 Å². The summed E-state index contributed by atoms with van der Waals surface area (Å²) in [5.41, 5.74) is 3.68. The van der Waals surface area contributed by atoms with Crippen LogP contribution in [0.15, 0.2) is 77.2 Å². The van der Waals surface area contributed by atoms with Gasteiger partial charge in [-0.3, -0.25) is 24.3 Å². The Bertz CT molecular complexity index is 1710. The number of aryl methyl sites for hydroxylation is 1. The highest BCUT2D eigenvalue weighted by atomic mass is 35.5. The molecule has 2 aromatic carbocycles. The van der Waals surface area contributed by atoms with Crippen molar-refractivity contribution in [3.8, 4) is 0 Å². The standard InChI is InChI=1S/C29H25ClN6O4/c30-19-4-1-3-17(11-19)25(37)15-33-22-5-6-32-27(38)26(22)24-13-18-12-20-21(14-23(18)34-24)29(40)36(28(20)39)9-2-8-35-10-7-31-16-35/h1,3-7,10-12,14,16,25,37H,2,8-9,13,15H2,(H2,32,33,38)/t25-/m1/s1. The lowest BCUT2D eigenvalue weighted by Crippen LogP contribution is -2.31. The molecule has 0 aliphatic carbocycles. The molecule has 2 aromatic heterocycles. The van der Waals surface area contributed by atoms with Gasteiger partial charge >= 0.3 is 0 Å². The second kappa shape index (κ2) is 10.6. The van der Waals surface area contributed by atoms with Gasteiger partial charge in [0.25, 0.3) is 17.4 Å². The lowest BCUT2D eigenvalue weighted by molar-refractivity contribution is 0.0650. The number of fused-ring (bicyclic) bond motifs is 2. The van der Waals surface area contributed by atoms with Gasteiger partial charge in [0.1, 0.15) is 0 Å². The van der Waals surface area contributed by atoms with E-state index in [2.05, 4.69) is 20.3 Å². The minimum Gasteiger partial charge on any atom is -0.387 e. The van der Waals surface area contributed by atoms with Gasteiger partial charge in [0.15, 0.2) is 0 Å². The summed E-state index contributed by atoms with van der Waals surface area (Å²) in [5.74, 6) is -0.663. The third kappa shape index (κ3) is 4.83. The number of aliphatic imine (C=N–C) groups is 1. The van der Waals surface area contributed by atoms with Crippen molar-refractivity contribution in [3.63, 3.8) is 0 Å². The largest absolute Gasteiger partial charge is 0.387 e. The second-order valence-corrected chi connectivity index (χ2v) is 10.2. The van der Waals surface area contributed by atoms with Crippen LogP contribution in [0.3, 0.4) is 0 Å². The fraction of sp³-hybridized carbons (Fsp3) is 0.207. The molecule has 0 radical (unpaired) electrons. The van der Waals surface area contributed by atoms with E-state index in [4.69, 9.17) is 11.6 Å². The summed E-state index contributed by atoms with van der Waals surface area (Å²) >= 11 is 6.05. The van der Waals surface area contributed by atoms with Crippen LogP contribution < -0.4 is 10.9 Å². The van der Waals surface area contributed by atoms with Crippen LogP contribution in [0.25, 0.3) is 0 Å². The Morgan fingerprint density at radius 2 is 1.90 bits per heavy atom. The van der Waals surface area contributed by atoms with Crippen molar-refractivity contribution in [2.45, 2.75) is 25.5 Å². The van der Waals surface area contributed by atoms with E-state index < -0.39 is 6.10 Å². The van der Waals surface area contributed by atoms with Gasteiger partial charge in [-0.2, -0.15) is 0 Å². The summed E-state index contributed by atoms with van der Waals surface area (Å²) < 4.78 is 1.90. The van der Waals surface area contributed by atoms with Gasteiger partial charge in [-0.25, -0.2) is 4.98 Å². The maximum absolute atomic E-state index is 13.1. The first-order valence-electron chi connectivity index (χ1n) is 12.8. The first-order valence-corrected chi connectivity index (χ1v) is 13.2. The van der Waals surface area contributed by atoms with E-state index in [1.807, 2.05) is 10.8 Å². The number of pyridine rings is 1. The topological polar surface area (TPSA) is 133 Å². The molecule has 202 valence electrons. The van der Waals surface area contributed by atoms with Crippen molar-refractivity contribution in [3.05, 3.63) is 111 Å². The van der Waals surface area contributed by atoms with E-state index in [0.717, 1.165) is 5.56 Å². The predicted molar refractivity (Wildman–Crippen MR) is 151 cm³/mol. The summed E-state index contributed by atoms with van der Waals surface area (Å²) in [4.78, 5) is 51.7. The van der Waals surface area contributed by atoms with Crippen LogP contribution in [0.4, 0.5) is 11.4 Å². The monoisotopic (exact) mass is 556 g/mol. The quantitative estimate of drug-likeness (QED) is 0.269. The Balaban J connectivity index is 1.20. The zero-order chi connectivity index (χ0) is 27.8. The summed E-state index contributed by atoms with van der Waals surface area (Å²) in [6.07, 6.45) is 6.83. The molecule has 3 N–H and O–H groups in total. The molecule has 2 aliphatic rings. The highest BCUT2D eigenvalue weighted by Crippen LogP contribution is 2.36. The molecule has 4 aromatic rings. The first-order chi connectivity index (χ1) is 19.4. The zero-order valence-electron chi connectivity index (χ0n) is 21.3. The molecule has 4 heterocycles. The smallest absolute Gasteiger partial charge is 0.261 e. The Hall–Kier alpha value is -4.54. The average Bonchev–Trinajstić information content (AvgIpc) is 3.66. The number of imidazole rings is 1. The molecule has 2 amide bonds. The fourth-order valence-corrected chi connectivity index (χ4v) is 5.31. The van der Waals surface area contributed by atoms with Crippen LogP contribution >= 0.6 is 11.6 Å². The highest BCUT2D eigenvalue weighted by molar-refractivity contribution is 6.30. The fourth-order valence-electron chi connectivity index (χ4n) is 5.11. The van der Waals surface area contributed by atoms with Crippen molar-refractivity contribution in [2.75, 3.05) is 18.4 Å². The summed E-state index contributed by atoms with van der Waals surface area (Å²) in [6.45, 7) is 1.10. The second-order valence-electron chi connectivity index (χ2n) is 9.72. The minimum absolute atomic E-state index is 0.144. The first kappa shape index (κ1) is 25.7. The highest BCUT2D eigenvalue weighted by Gasteiger charge is 2.37. The van der Waals surface area contributed by atoms with Crippen LogP contribution in [-0.4, -0.2) is 55.2 Å². The van der Waals surface area contributed by atoms with Gasteiger partial charge in [0.05, 0.1) is 46.2 Å². The molecule has 1 atom stereocenters. The lowest BCUT2D eigenvalue weighted by Gasteiger charge is -2.15. The number of imide groups is 1. The molecule has 11 heteroatoms. The number of carbonyl (C=O) groups is 2. The third-order valence-electron chi connectivity index (χ3n) is 7.11. The Kier molecular flexibility index (Phi) is 6.79. The van der Waals surface area contributed by atoms with Gasteiger partial charge < -0.3 is 20.0 Å². The average molecular weight is 557 g/mol. The van der Waals surface area contributed by atoms with Gasteiger partial charge in [0.2, 0.25) is 0 Å². The van der Waals surface area contributed by atoms with E-state index in [1.54, 1.807) is 55.0 Å². The number of aromatic amines is 1. The van der Waals surface area contributed by atoms with Gasteiger partial charge in [-0.05, 0) is 47.9 Å². The summed E-state index contributed by atoms with van der Waals surface area (Å²) in [7, 11) is 0. The predicted octanol–water partition coefficient (Wildman–Crippen LogP) is 3.73. The Morgan fingerprint density at radius 1 is 1.07 bits per heavy atom. The third-order valence-corrected chi connectivity index (χ3v) is 7.34.